The molecule has 0 spiro atoms. The van der Waals surface area contributed by atoms with E-state index in [-0.39, 0.29) is 52.8 Å². The number of aryl methyl sites for hydroxylation is 3. The second-order valence-corrected chi connectivity index (χ2v) is 48.2. The van der Waals surface area contributed by atoms with E-state index in [9.17, 15) is 0 Å². The lowest BCUT2D eigenvalue weighted by Crippen LogP contribution is -2.12. The maximum absolute atomic E-state index is 4.98. The van der Waals surface area contributed by atoms with E-state index in [0.29, 0.717) is 38.4 Å². The number of hydrogen-bond donors (Lipinski definition) is 0. The van der Waals surface area contributed by atoms with Crippen LogP contribution >= 0.6 is 57.3 Å². The molecule has 0 aliphatic heterocycles. The van der Waals surface area contributed by atoms with Gasteiger partial charge >= 0.3 is 0 Å². The Morgan fingerprint density at radius 3 is 1.04 bits per heavy atom. The summed E-state index contributed by atoms with van der Waals surface area (Å²) < 4.78 is 40.3. The van der Waals surface area contributed by atoms with Gasteiger partial charge in [-0.15, -0.1) is 43.1 Å². The van der Waals surface area contributed by atoms with Crippen molar-refractivity contribution in [1.29, 1.82) is 0 Å². The average molecular weight is 1880 g/mol. The topological polar surface area (TPSA) is 338 Å². The van der Waals surface area contributed by atoms with Gasteiger partial charge in [-0.05, 0) is 79.2 Å². The first-order valence-electron chi connectivity index (χ1n) is 41.5. The molecule has 0 saturated heterocycles. The zero-order valence-electron chi connectivity index (χ0n) is 86.8. The number of nitrogens with zero attached hydrogens (tertiary/aromatic N) is 23. The summed E-state index contributed by atoms with van der Waals surface area (Å²) in [5, 5.41) is 38.9. The lowest BCUT2D eigenvalue weighted by molar-refractivity contribution is 0.392. The molecule has 28 nitrogen and oxygen atoms in total. The summed E-state index contributed by atoms with van der Waals surface area (Å²) in [4.78, 5) is 29.8. The maximum Gasteiger partial charge on any atom is 0.221 e. The number of aromatic nitrogens is 23. The quantitative estimate of drug-likeness (QED) is 0.136. The highest BCUT2D eigenvalue weighted by Gasteiger charge is 2.22. The molecule has 0 saturated carbocycles. The Morgan fingerprint density at radius 1 is 0.344 bits per heavy atom. The molecular weight excluding hydrogens is 1700 g/mol. The normalized spacial score (nSPS) is 10.8. The Balaban J connectivity index is -0.000000199. The van der Waals surface area contributed by atoms with Gasteiger partial charge in [-0.25, -0.2) is 29.9 Å². The van der Waals surface area contributed by atoms with Crippen molar-refractivity contribution in [2.45, 2.75) is 364 Å². The van der Waals surface area contributed by atoms with E-state index < -0.39 is 0 Å². The predicted molar refractivity (Wildman–Crippen MR) is 542 cm³/mol. The third kappa shape index (κ3) is 113. The molecule has 13 rings (SSSR count). The molecular formula is C95H177N23O5S5. The Hall–Kier alpha value is -8.66. The van der Waals surface area contributed by atoms with Crippen LogP contribution in [0.4, 0.5) is 0 Å². The van der Waals surface area contributed by atoms with Gasteiger partial charge in [-0.3, -0.25) is 14.3 Å². The van der Waals surface area contributed by atoms with E-state index >= 15 is 0 Å². The monoisotopic (exact) mass is 1880 g/mol. The third-order valence-corrected chi connectivity index (χ3v) is 13.5. The van der Waals surface area contributed by atoms with Crippen molar-refractivity contribution < 1.29 is 22.4 Å². The molecule has 33 heteroatoms. The van der Waals surface area contributed by atoms with Crippen LogP contribution in [0, 0.1) is 32.5 Å². The highest BCUT2D eigenvalue weighted by molar-refractivity contribution is 7.09. The first kappa shape index (κ1) is 135. The van der Waals surface area contributed by atoms with Gasteiger partial charge in [-0.1, -0.05) is 342 Å². The molecule has 0 atom stereocenters. The highest BCUT2D eigenvalue weighted by Crippen LogP contribution is 2.25. The van der Waals surface area contributed by atoms with Crippen LogP contribution in [0.2, 0.25) is 0 Å². The number of rotatable bonds is 0. The molecule has 13 aromatic heterocycles. The summed E-state index contributed by atoms with van der Waals surface area (Å²) in [5.74, 6) is 2.37. The SMILES string of the molecule is C.C.CC(C)(C)C.CC(C)(C)C.CC(C)(C)C.CC(C)(C)C.CC(C)(C)C.CC(C)(C)C.CC(C)(C)c1ccon1.CC(C)(C)c1ccsn1.CC(C)(C)c1ncon1.CC(C)(C)c1ncsn1.CC(C)(C)c1nnco1.CC(C)(C)c1nncs1.Cn1ccc(C(C)(C)C)n1.Cn1ccnc1.Cn1cncn1.c1cocn1.c1cscn1.c1ncon1.c1ncsn1. The molecule has 0 fully saturated rings. The van der Waals surface area contributed by atoms with Gasteiger partial charge in [0.1, 0.15) is 58.9 Å². The van der Waals surface area contributed by atoms with E-state index in [1.807, 2.05) is 101 Å². The van der Waals surface area contributed by atoms with Gasteiger partial charge in [0.25, 0.3) is 0 Å². The van der Waals surface area contributed by atoms with Gasteiger partial charge in [0.15, 0.2) is 18.5 Å². The molecule has 0 radical (unpaired) electrons. The molecule has 0 unspecified atom stereocenters. The van der Waals surface area contributed by atoms with Crippen molar-refractivity contribution in [1.82, 2.24) is 113 Å². The summed E-state index contributed by atoms with van der Waals surface area (Å²) in [7, 11) is 5.70. The lowest BCUT2D eigenvalue weighted by Gasteiger charge is -2.13. The number of thiazole rings is 1. The molecule has 0 aromatic carbocycles. The van der Waals surface area contributed by atoms with Crippen LogP contribution in [-0.4, -0.2) is 113 Å². The first-order valence-corrected chi connectivity index (χ1v) is 45.9. The van der Waals surface area contributed by atoms with Gasteiger partial charge in [0, 0.05) is 101 Å². The van der Waals surface area contributed by atoms with Crippen LogP contribution in [0.15, 0.2) is 174 Å². The Kier molecular flexibility index (Phi) is 72.0. The fourth-order valence-corrected chi connectivity index (χ4v) is 7.81. The van der Waals surface area contributed by atoms with Crippen molar-refractivity contribution in [3.8, 4) is 0 Å². The van der Waals surface area contributed by atoms with E-state index in [1.54, 1.807) is 86.9 Å². The minimum absolute atomic E-state index is 0. The third-order valence-electron chi connectivity index (χ3n) is 10.4. The summed E-state index contributed by atoms with van der Waals surface area (Å²) in [6.45, 7) is 96.7. The van der Waals surface area contributed by atoms with Gasteiger partial charge in [0.2, 0.25) is 25.1 Å². The van der Waals surface area contributed by atoms with Crippen LogP contribution < -0.4 is 0 Å². The maximum atomic E-state index is 4.98. The fourth-order valence-electron chi connectivity index (χ4n) is 5.23. The minimum Gasteiger partial charge on any atom is -0.452 e. The molecule has 0 N–H and O–H groups in total. The Morgan fingerprint density at radius 2 is 0.883 bits per heavy atom. The smallest absolute Gasteiger partial charge is 0.221 e. The summed E-state index contributed by atoms with van der Waals surface area (Å²) >= 11 is 7.48. The number of imidazole rings is 1. The molecule has 128 heavy (non-hydrogen) atoms. The Labute approximate surface area is 796 Å². The van der Waals surface area contributed by atoms with Crippen LogP contribution in [0.3, 0.4) is 0 Å². The van der Waals surface area contributed by atoms with Gasteiger partial charge in [-0.2, -0.15) is 28.3 Å². The number of hydrogen-bond acceptors (Lipinski definition) is 30. The summed E-state index contributed by atoms with van der Waals surface area (Å²) in [5.41, 5.74) is 14.1. The minimum atomic E-state index is -0.0174. The van der Waals surface area contributed by atoms with Crippen LogP contribution in [0.5, 0.6) is 0 Å². The molecule has 13 heterocycles. The number of oxazole rings is 1. The molecule has 0 aliphatic carbocycles. The molecule has 13 aromatic rings. The van der Waals surface area contributed by atoms with E-state index in [2.05, 4.69) is 395 Å². The lowest BCUT2D eigenvalue weighted by atomic mass is 9.93. The standard InChI is InChI=1S/C8H14N2.C7H11NO.C7H11NS.2C6H10N2O.2C6H10N2S.6C5H12.C4H6N2.C3H5N3.C3H3NO.C3H3NS.C2H2N2O.C2H2N2S.2CH4/c1-8(2,3)7-5-6-10(4)9-7;2*1-7(2,3)6-4-5-9-8-6;1-6(2,3)5-8-7-4-9-5;1-6(2,3)5-7-4-9-8-5;1-6(2,3)5-8-7-4-9-5;1-6(2,3)5-7-4-9-8-5;6*1-5(2,3)4;1-6-3-2-5-4-6;1-6-3-4-2-5-6;2*1-2-5-3-4-1;2*1-3-2-5-4-1;;/h5-6H,1-4H3;2*4-5H,1-3H3;4*4H,1-3H3;6*1-4H3;2-4H,1H3;2-3H,1H3;2*1-3H;2*1-2H;2*1H4. The van der Waals surface area contributed by atoms with E-state index in [4.69, 9.17) is 8.94 Å². The summed E-state index contributed by atoms with van der Waals surface area (Å²) in [6, 6.07) is 6.02. The first-order chi connectivity index (χ1) is 56.9. The second kappa shape index (κ2) is 68.4. The van der Waals surface area contributed by atoms with Crippen LogP contribution in [-0.2, 0) is 59.0 Å². The van der Waals surface area contributed by atoms with Crippen LogP contribution in [0.1, 0.15) is 366 Å². The average Bonchev–Trinajstić information content (AvgIpc) is 1.75. The zero-order chi connectivity index (χ0) is 99.2. The van der Waals surface area contributed by atoms with E-state index in [1.165, 1.54) is 91.1 Å². The highest BCUT2D eigenvalue weighted by atomic mass is 32.1. The van der Waals surface area contributed by atoms with Crippen molar-refractivity contribution >= 4 is 57.3 Å². The molecule has 0 bridgehead atoms. The van der Waals surface area contributed by atoms with E-state index in [0.717, 1.165) is 28.0 Å². The Bertz CT molecular complexity index is 3550. The van der Waals surface area contributed by atoms with Crippen molar-refractivity contribution in [2.75, 3.05) is 0 Å². The van der Waals surface area contributed by atoms with Crippen LogP contribution in [0.25, 0.3) is 0 Å². The van der Waals surface area contributed by atoms with Crippen molar-refractivity contribution in [3.63, 3.8) is 0 Å². The molecule has 0 amide bonds. The van der Waals surface area contributed by atoms with Gasteiger partial charge < -0.3 is 27.0 Å². The molecule has 0 aliphatic rings. The van der Waals surface area contributed by atoms with Crippen molar-refractivity contribution in [2.24, 2.45) is 53.6 Å². The van der Waals surface area contributed by atoms with Gasteiger partial charge in [0.05, 0.1) is 35.1 Å². The second-order valence-electron chi connectivity index (χ2n) is 44.7. The largest absolute Gasteiger partial charge is 0.452 e. The fraction of sp³-hybridized carbons (Fsp3) is 0.663. The summed E-state index contributed by atoms with van der Waals surface area (Å²) in [6.07, 6.45) is 25.2. The zero-order valence-corrected chi connectivity index (χ0v) is 90.9. The van der Waals surface area contributed by atoms with Crippen molar-refractivity contribution in [3.05, 3.63) is 191 Å². The molecule has 732 valence electrons. The predicted octanol–water partition coefficient (Wildman–Crippen LogP) is 28.8.